The molecule has 0 atom stereocenters. The topological polar surface area (TPSA) is 42.0 Å². The first-order chi connectivity index (χ1) is 7.89. The number of carbonyl (C=O) groups excluding carboxylic acids is 1. The molecule has 0 radical (unpaired) electrons. The highest BCUT2D eigenvalue weighted by Gasteiger charge is 2.32. The molecule has 1 aromatic heterocycles. The van der Waals surface area contributed by atoms with E-state index in [1.54, 1.807) is 6.08 Å². The average molecular weight is 244 g/mol. The number of amides is 1. The zero-order chi connectivity index (χ0) is 12.9. The van der Waals surface area contributed by atoms with E-state index in [0.717, 1.165) is 12.3 Å². The van der Waals surface area contributed by atoms with Crippen molar-refractivity contribution in [1.82, 2.24) is 10.3 Å². The van der Waals surface area contributed by atoms with Gasteiger partial charge in [-0.25, -0.2) is 0 Å². The Hall–Kier alpha value is -1.85. The zero-order valence-electron chi connectivity index (χ0n) is 9.08. The first kappa shape index (κ1) is 13.2. The maximum Gasteiger partial charge on any atom is 0.433 e. The van der Waals surface area contributed by atoms with Crippen molar-refractivity contribution in [2.24, 2.45) is 0 Å². The van der Waals surface area contributed by atoms with E-state index >= 15 is 0 Å². The van der Waals surface area contributed by atoms with Crippen molar-refractivity contribution >= 4 is 12.0 Å². The summed E-state index contributed by atoms with van der Waals surface area (Å²) in [6.45, 7) is 1.64. The van der Waals surface area contributed by atoms with Crippen LogP contribution in [-0.2, 0) is 11.0 Å². The molecule has 0 spiro atoms. The van der Waals surface area contributed by atoms with Crippen molar-refractivity contribution in [1.29, 1.82) is 0 Å². The number of pyridine rings is 1. The number of hydrogen-bond acceptors (Lipinski definition) is 2. The van der Waals surface area contributed by atoms with E-state index in [2.05, 4.69) is 10.3 Å². The van der Waals surface area contributed by atoms with Crippen molar-refractivity contribution in [2.45, 2.75) is 13.1 Å². The Balaban J connectivity index is 2.69. The number of carbonyl (C=O) groups is 1. The summed E-state index contributed by atoms with van der Waals surface area (Å²) in [5.74, 6) is -0.194. The molecular weight excluding hydrogens is 233 g/mol. The second-order valence-corrected chi connectivity index (χ2v) is 3.31. The van der Waals surface area contributed by atoms with E-state index in [-0.39, 0.29) is 12.5 Å². The van der Waals surface area contributed by atoms with Crippen molar-refractivity contribution in [3.8, 4) is 0 Å². The number of nitrogens with zero attached hydrogens (tertiary/aromatic N) is 1. The molecule has 1 amide bonds. The summed E-state index contributed by atoms with van der Waals surface area (Å²) in [5, 5.41) is 2.50. The smallest absolute Gasteiger partial charge is 0.353 e. The third-order valence-corrected chi connectivity index (χ3v) is 1.85. The van der Waals surface area contributed by atoms with Crippen LogP contribution < -0.4 is 5.32 Å². The van der Waals surface area contributed by atoms with Gasteiger partial charge in [-0.2, -0.15) is 13.2 Å². The molecule has 0 aromatic carbocycles. The van der Waals surface area contributed by atoms with Gasteiger partial charge in [0.15, 0.2) is 0 Å². The Labute approximate surface area is 96.4 Å². The van der Waals surface area contributed by atoms with Crippen molar-refractivity contribution < 1.29 is 18.0 Å². The van der Waals surface area contributed by atoms with E-state index in [0.29, 0.717) is 5.56 Å². The van der Waals surface area contributed by atoms with Crippen LogP contribution in [0.3, 0.4) is 0 Å². The molecule has 0 bridgehead atoms. The molecule has 1 rings (SSSR count). The Bertz CT molecular complexity index is 427. The lowest BCUT2D eigenvalue weighted by molar-refractivity contribution is -0.141. The molecule has 0 aliphatic carbocycles. The fourth-order valence-electron chi connectivity index (χ4n) is 1.10. The second-order valence-electron chi connectivity index (χ2n) is 3.31. The number of rotatable bonds is 3. The predicted molar refractivity (Wildman–Crippen MR) is 57.0 cm³/mol. The van der Waals surface area contributed by atoms with Crippen LogP contribution in [0.4, 0.5) is 13.2 Å². The average Bonchev–Trinajstić information content (AvgIpc) is 2.23. The van der Waals surface area contributed by atoms with E-state index in [9.17, 15) is 18.0 Å². The van der Waals surface area contributed by atoms with E-state index < -0.39 is 11.9 Å². The first-order valence-corrected chi connectivity index (χ1v) is 4.84. The molecule has 6 heteroatoms. The Kier molecular flexibility index (Phi) is 4.25. The van der Waals surface area contributed by atoms with Gasteiger partial charge in [0.2, 0.25) is 5.91 Å². The van der Waals surface area contributed by atoms with Crippen LogP contribution in [0, 0.1) is 0 Å². The molecule has 0 saturated heterocycles. The summed E-state index contributed by atoms with van der Waals surface area (Å²) in [6, 6.07) is 2.41. The van der Waals surface area contributed by atoms with Gasteiger partial charge in [-0.1, -0.05) is 12.2 Å². The lowest BCUT2D eigenvalue weighted by Gasteiger charge is -2.05. The van der Waals surface area contributed by atoms with Crippen LogP contribution in [-0.4, -0.2) is 17.4 Å². The number of hydrogen-bond donors (Lipinski definition) is 1. The highest BCUT2D eigenvalue weighted by molar-refractivity contribution is 5.73. The molecule has 92 valence electrons. The normalized spacial score (nSPS) is 11.8. The van der Waals surface area contributed by atoms with Crippen LogP contribution in [0.25, 0.3) is 6.08 Å². The van der Waals surface area contributed by atoms with Gasteiger partial charge < -0.3 is 5.32 Å². The molecule has 17 heavy (non-hydrogen) atoms. The number of halogens is 3. The summed E-state index contributed by atoms with van der Waals surface area (Å²) in [6.07, 6.45) is -0.286. The molecule has 0 saturated carbocycles. The summed E-state index contributed by atoms with van der Waals surface area (Å²) >= 11 is 0. The van der Waals surface area contributed by atoms with Gasteiger partial charge >= 0.3 is 6.18 Å². The zero-order valence-corrected chi connectivity index (χ0v) is 9.08. The summed E-state index contributed by atoms with van der Waals surface area (Å²) in [7, 11) is 0. The van der Waals surface area contributed by atoms with Crippen LogP contribution in [0.15, 0.2) is 24.4 Å². The van der Waals surface area contributed by atoms with Crippen molar-refractivity contribution in [3.63, 3.8) is 0 Å². The standard InChI is InChI=1S/C11H11F3N2O/c1-8(17)15-5-2-3-9-4-6-16-10(7-9)11(12,13)14/h2-4,6-7H,5H2,1H3,(H,15,17). The molecular formula is C11H11F3N2O. The van der Waals surface area contributed by atoms with E-state index in [1.165, 1.54) is 19.1 Å². The quantitative estimate of drug-likeness (QED) is 0.886. The Morgan fingerprint density at radius 1 is 1.53 bits per heavy atom. The van der Waals surface area contributed by atoms with Gasteiger partial charge in [-0.3, -0.25) is 9.78 Å². The Morgan fingerprint density at radius 3 is 2.82 bits per heavy atom. The van der Waals surface area contributed by atoms with Crippen LogP contribution in [0.1, 0.15) is 18.2 Å². The van der Waals surface area contributed by atoms with Gasteiger partial charge in [0, 0.05) is 19.7 Å². The first-order valence-electron chi connectivity index (χ1n) is 4.84. The predicted octanol–water partition coefficient (Wildman–Crippen LogP) is 2.25. The summed E-state index contributed by atoms with van der Waals surface area (Å²) < 4.78 is 37.0. The Morgan fingerprint density at radius 2 is 2.24 bits per heavy atom. The van der Waals surface area contributed by atoms with Gasteiger partial charge in [-0.15, -0.1) is 0 Å². The third-order valence-electron chi connectivity index (χ3n) is 1.85. The minimum Gasteiger partial charge on any atom is -0.353 e. The minimum absolute atomic E-state index is 0.194. The summed E-state index contributed by atoms with van der Waals surface area (Å²) in [5.41, 5.74) is -0.545. The number of alkyl halides is 3. The fourth-order valence-corrected chi connectivity index (χ4v) is 1.10. The van der Waals surface area contributed by atoms with Gasteiger partial charge in [0.1, 0.15) is 5.69 Å². The number of nitrogens with one attached hydrogen (secondary N) is 1. The van der Waals surface area contributed by atoms with Crippen molar-refractivity contribution in [3.05, 3.63) is 35.7 Å². The largest absolute Gasteiger partial charge is 0.433 e. The minimum atomic E-state index is -4.44. The second kappa shape index (κ2) is 5.47. The SMILES string of the molecule is CC(=O)NCC=Cc1ccnc(C(F)(F)F)c1. The molecule has 0 aliphatic heterocycles. The van der Waals surface area contributed by atoms with Gasteiger partial charge in [0.05, 0.1) is 0 Å². The molecule has 0 unspecified atom stereocenters. The van der Waals surface area contributed by atoms with Crippen LogP contribution >= 0.6 is 0 Å². The van der Waals surface area contributed by atoms with Gasteiger partial charge in [0.25, 0.3) is 0 Å². The fraction of sp³-hybridized carbons (Fsp3) is 0.273. The maximum absolute atomic E-state index is 12.3. The van der Waals surface area contributed by atoms with Crippen molar-refractivity contribution in [2.75, 3.05) is 6.54 Å². The van der Waals surface area contributed by atoms with E-state index in [4.69, 9.17) is 0 Å². The molecule has 0 fully saturated rings. The molecule has 1 aromatic rings. The monoisotopic (exact) mass is 244 g/mol. The van der Waals surface area contributed by atoms with Gasteiger partial charge in [-0.05, 0) is 17.7 Å². The van der Waals surface area contributed by atoms with E-state index in [1.807, 2.05) is 0 Å². The lowest BCUT2D eigenvalue weighted by atomic mass is 10.2. The molecule has 1 N–H and O–H groups in total. The third kappa shape index (κ3) is 4.67. The maximum atomic E-state index is 12.3. The number of aromatic nitrogens is 1. The highest BCUT2D eigenvalue weighted by atomic mass is 19.4. The van der Waals surface area contributed by atoms with Crippen LogP contribution in [0.2, 0.25) is 0 Å². The highest BCUT2D eigenvalue weighted by Crippen LogP contribution is 2.27. The lowest BCUT2D eigenvalue weighted by Crippen LogP contribution is -2.19. The molecule has 3 nitrogen and oxygen atoms in total. The van der Waals surface area contributed by atoms with Crippen LogP contribution in [0.5, 0.6) is 0 Å². The summed E-state index contributed by atoms with van der Waals surface area (Å²) in [4.78, 5) is 13.8. The molecule has 0 aliphatic rings. The molecule has 1 heterocycles.